The van der Waals surface area contributed by atoms with Crippen molar-refractivity contribution >= 4 is 11.7 Å². The summed E-state index contributed by atoms with van der Waals surface area (Å²) in [5, 5.41) is 11.4. The maximum atomic E-state index is 12.4. The largest absolute Gasteiger partial charge is 0.355 e. The number of aromatic nitrogens is 2. The monoisotopic (exact) mass is 317 g/mol. The minimum Gasteiger partial charge on any atom is -0.355 e. The standard InChI is InChI=1S/C17H27N5O/c18-12-15(13-6-2-1-3-7-13)19-17(23)14-8-9-16(21-20-14)22-10-4-5-11-22/h8-9,13,15H,1-7,10-12,18H2,(H,19,23). The fourth-order valence-corrected chi connectivity index (χ4v) is 3.71. The minimum atomic E-state index is -0.161. The van der Waals surface area contributed by atoms with E-state index in [1.54, 1.807) is 6.07 Å². The van der Waals surface area contributed by atoms with Gasteiger partial charge in [-0.25, -0.2) is 0 Å². The third-order valence-electron chi connectivity index (χ3n) is 5.10. The molecule has 1 saturated heterocycles. The number of anilines is 1. The topological polar surface area (TPSA) is 84.1 Å². The van der Waals surface area contributed by atoms with Crippen LogP contribution in [0.5, 0.6) is 0 Å². The van der Waals surface area contributed by atoms with Crippen LogP contribution in [0.3, 0.4) is 0 Å². The van der Waals surface area contributed by atoms with Crippen LogP contribution in [0.1, 0.15) is 55.4 Å². The Morgan fingerprint density at radius 3 is 2.52 bits per heavy atom. The Morgan fingerprint density at radius 2 is 1.91 bits per heavy atom. The first kappa shape index (κ1) is 16.2. The molecule has 1 unspecified atom stereocenters. The summed E-state index contributed by atoms with van der Waals surface area (Å²) < 4.78 is 0. The fourth-order valence-electron chi connectivity index (χ4n) is 3.71. The zero-order valence-corrected chi connectivity index (χ0v) is 13.7. The molecule has 1 aliphatic heterocycles. The van der Waals surface area contributed by atoms with Gasteiger partial charge in [0.2, 0.25) is 0 Å². The van der Waals surface area contributed by atoms with Crippen LogP contribution < -0.4 is 16.0 Å². The molecule has 1 amide bonds. The number of rotatable bonds is 5. The molecular weight excluding hydrogens is 290 g/mol. The highest BCUT2D eigenvalue weighted by molar-refractivity contribution is 5.92. The van der Waals surface area contributed by atoms with Crippen molar-refractivity contribution in [2.24, 2.45) is 11.7 Å². The van der Waals surface area contributed by atoms with Crippen LogP contribution in [0.25, 0.3) is 0 Å². The van der Waals surface area contributed by atoms with Crippen LogP contribution in [-0.2, 0) is 0 Å². The minimum absolute atomic E-state index is 0.0443. The van der Waals surface area contributed by atoms with Crippen molar-refractivity contribution in [2.45, 2.75) is 51.0 Å². The quantitative estimate of drug-likeness (QED) is 0.864. The highest BCUT2D eigenvalue weighted by Gasteiger charge is 2.25. The summed E-state index contributed by atoms with van der Waals surface area (Å²) >= 11 is 0. The van der Waals surface area contributed by atoms with Crippen molar-refractivity contribution in [1.29, 1.82) is 0 Å². The summed E-state index contributed by atoms with van der Waals surface area (Å²) in [4.78, 5) is 14.6. The zero-order valence-electron chi connectivity index (χ0n) is 13.7. The van der Waals surface area contributed by atoms with Crippen LogP contribution in [-0.4, -0.2) is 41.8 Å². The van der Waals surface area contributed by atoms with Gasteiger partial charge in [-0.3, -0.25) is 4.79 Å². The van der Waals surface area contributed by atoms with Crippen LogP contribution in [0.15, 0.2) is 12.1 Å². The first-order chi connectivity index (χ1) is 11.3. The number of amides is 1. The van der Waals surface area contributed by atoms with Crippen LogP contribution in [0.2, 0.25) is 0 Å². The Labute approximate surface area is 137 Å². The van der Waals surface area contributed by atoms with Gasteiger partial charge in [0.05, 0.1) is 0 Å². The number of carbonyl (C=O) groups excluding carboxylic acids is 1. The summed E-state index contributed by atoms with van der Waals surface area (Å²) in [6.45, 7) is 2.53. The van der Waals surface area contributed by atoms with Crippen molar-refractivity contribution in [3.05, 3.63) is 17.8 Å². The van der Waals surface area contributed by atoms with Crippen molar-refractivity contribution in [3.63, 3.8) is 0 Å². The van der Waals surface area contributed by atoms with Gasteiger partial charge in [0.1, 0.15) is 0 Å². The lowest BCUT2D eigenvalue weighted by atomic mass is 9.84. The number of nitrogens with zero attached hydrogens (tertiary/aromatic N) is 3. The first-order valence-electron chi connectivity index (χ1n) is 8.87. The normalized spacial score (nSPS) is 20.5. The molecule has 3 rings (SSSR count). The lowest BCUT2D eigenvalue weighted by molar-refractivity contribution is 0.0909. The molecule has 2 heterocycles. The average molecular weight is 317 g/mol. The van der Waals surface area contributed by atoms with Gasteiger partial charge in [-0.15, -0.1) is 10.2 Å². The number of hydrogen-bond donors (Lipinski definition) is 2. The SMILES string of the molecule is NCC(NC(=O)c1ccc(N2CCCC2)nn1)C1CCCCC1. The second-order valence-electron chi connectivity index (χ2n) is 6.68. The van der Waals surface area contributed by atoms with Gasteiger partial charge >= 0.3 is 0 Å². The van der Waals surface area contributed by atoms with Crippen LogP contribution >= 0.6 is 0 Å². The lowest BCUT2D eigenvalue weighted by Crippen LogP contribution is -2.46. The number of nitrogens with two attached hydrogens (primary N) is 1. The van der Waals surface area contributed by atoms with E-state index in [9.17, 15) is 4.79 Å². The summed E-state index contributed by atoms with van der Waals surface area (Å²) in [6, 6.07) is 3.71. The summed E-state index contributed by atoms with van der Waals surface area (Å²) in [6.07, 6.45) is 8.48. The number of nitrogens with one attached hydrogen (secondary N) is 1. The molecule has 126 valence electrons. The molecule has 1 aliphatic carbocycles. The van der Waals surface area contributed by atoms with Gasteiger partial charge in [0.15, 0.2) is 11.5 Å². The molecule has 1 atom stereocenters. The lowest BCUT2D eigenvalue weighted by Gasteiger charge is -2.29. The van der Waals surface area contributed by atoms with E-state index in [0.29, 0.717) is 18.2 Å². The molecule has 3 N–H and O–H groups in total. The average Bonchev–Trinajstić information content (AvgIpc) is 3.15. The third kappa shape index (κ3) is 3.99. The van der Waals surface area contributed by atoms with Gasteiger partial charge in [-0.05, 0) is 43.7 Å². The predicted octanol–water partition coefficient (Wildman–Crippen LogP) is 1.71. The van der Waals surface area contributed by atoms with E-state index in [4.69, 9.17) is 5.73 Å². The molecule has 1 saturated carbocycles. The summed E-state index contributed by atoms with van der Waals surface area (Å²) in [7, 11) is 0. The van der Waals surface area contributed by atoms with E-state index < -0.39 is 0 Å². The maximum absolute atomic E-state index is 12.4. The first-order valence-corrected chi connectivity index (χ1v) is 8.87. The van der Waals surface area contributed by atoms with Crippen LogP contribution in [0, 0.1) is 5.92 Å². The Balaban J connectivity index is 1.60. The van der Waals surface area contributed by atoms with E-state index in [-0.39, 0.29) is 11.9 Å². The zero-order chi connectivity index (χ0) is 16.1. The Kier molecular flexibility index (Phi) is 5.43. The molecule has 1 aromatic rings. The number of carbonyl (C=O) groups is 1. The highest BCUT2D eigenvalue weighted by atomic mass is 16.2. The molecule has 6 nitrogen and oxygen atoms in total. The van der Waals surface area contributed by atoms with Crippen molar-refractivity contribution in [3.8, 4) is 0 Å². The summed E-state index contributed by atoms with van der Waals surface area (Å²) in [5.41, 5.74) is 6.26. The van der Waals surface area contributed by atoms with Crippen molar-refractivity contribution < 1.29 is 4.79 Å². The van der Waals surface area contributed by atoms with Gasteiger partial charge in [0, 0.05) is 25.7 Å². The highest BCUT2D eigenvalue weighted by Crippen LogP contribution is 2.26. The Hall–Kier alpha value is -1.69. The molecule has 0 spiro atoms. The third-order valence-corrected chi connectivity index (χ3v) is 5.10. The molecule has 6 heteroatoms. The van der Waals surface area contributed by atoms with E-state index in [2.05, 4.69) is 20.4 Å². The molecular formula is C17H27N5O. The van der Waals surface area contributed by atoms with Crippen molar-refractivity contribution in [1.82, 2.24) is 15.5 Å². The smallest absolute Gasteiger partial charge is 0.272 e. The van der Waals surface area contributed by atoms with Gasteiger partial charge in [-0.1, -0.05) is 19.3 Å². The molecule has 23 heavy (non-hydrogen) atoms. The van der Waals surface area contributed by atoms with E-state index >= 15 is 0 Å². The van der Waals surface area contributed by atoms with Crippen molar-refractivity contribution in [2.75, 3.05) is 24.5 Å². The summed E-state index contributed by atoms with van der Waals surface area (Å²) in [5.74, 6) is 1.20. The second kappa shape index (κ2) is 7.73. The van der Waals surface area contributed by atoms with Gasteiger partial charge < -0.3 is 16.0 Å². The van der Waals surface area contributed by atoms with E-state index in [1.807, 2.05) is 6.07 Å². The molecule has 1 aromatic heterocycles. The molecule has 2 fully saturated rings. The fraction of sp³-hybridized carbons (Fsp3) is 0.706. The molecule has 0 aromatic carbocycles. The second-order valence-corrected chi connectivity index (χ2v) is 6.68. The Morgan fingerprint density at radius 1 is 1.17 bits per heavy atom. The predicted molar refractivity (Wildman–Crippen MR) is 90.4 cm³/mol. The molecule has 0 bridgehead atoms. The number of hydrogen-bond acceptors (Lipinski definition) is 5. The van der Waals surface area contributed by atoms with E-state index in [1.165, 1.54) is 32.1 Å². The Bertz CT molecular complexity index is 506. The molecule has 0 radical (unpaired) electrons. The van der Waals surface area contributed by atoms with E-state index in [0.717, 1.165) is 31.7 Å². The molecule has 2 aliphatic rings. The van der Waals surface area contributed by atoms with Gasteiger partial charge in [-0.2, -0.15) is 0 Å². The van der Waals surface area contributed by atoms with Crippen LogP contribution in [0.4, 0.5) is 5.82 Å². The van der Waals surface area contributed by atoms with Gasteiger partial charge in [0.25, 0.3) is 5.91 Å². The maximum Gasteiger partial charge on any atom is 0.272 e.